The molecule has 138 valence electrons. The van der Waals surface area contributed by atoms with Crippen molar-refractivity contribution in [2.45, 2.75) is 27.7 Å². The van der Waals surface area contributed by atoms with Crippen molar-refractivity contribution >= 4 is 34.8 Å². The quantitative estimate of drug-likeness (QED) is 0.753. The van der Waals surface area contributed by atoms with Crippen LogP contribution in [0.25, 0.3) is 0 Å². The molecule has 0 aliphatic carbocycles. The van der Waals surface area contributed by atoms with Crippen LogP contribution in [-0.2, 0) is 9.59 Å². The van der Waals surface area contributed by atoms with Crippen molar-refractivity contribution < 1.29 is 14.3 Å². The normalized spacial score (nSPS) is 11.0. The Hall–Kier alpha value is -2.53. The summed E-state index contributed by atoms with van der Waals surface area (Å²) in [5.74, 6) is -0.390. The number of aryl methyl sites for hydroxylation is 1. The minimum atomic E-state index is -1.30. The maximum absolute atomic E-state index is 12.7. The molecule has 26 heavy (non-hydrogen) atoms. The highest BCUT2D eigenvalue weighted by molar-refractivity contribution is 6.31. The van der Waals surface area contributed by atoms with E-state index in [1.54, 1.807) is 32.0 Å². The Morgan fingerprint density at radius 3 is 2.23 bits per heavy atom. The Morgan fingerprint density at radius 1 is 1.00 bits per heavy atom. The van der Waals surface area contributed by atoms with Gasteiger partial charge in [-0.25, -0.2) is 0 Å². The van der Waals surface area contributed by atoms with Gasteiger partial charge in [0, 0.05) is 10.7 Å². The Morgan fingerprint density at radius 2 is 1.62 bits per heavy atom. The summed E-state index contributed by atoms with van der Waals surface area (Å²) in [7, 11) is 1.50. The molecular weight excluding hydrogens is 352 g/mol. The number of ether oxygens (including phenoxy) is 1. The van der Waals surface area contributed by atoms with Crippen LogP contribution in [-0.4, -0.2) is 18.9 Å². The van der Waals surface area contributed by atoms with Crippen LogP contribution in [0.2, 0.25) is 5.02 Å². The molecule has 0 saturated carbocycles. The molecule has 0 spiro atoms. The van der Waals surface area contributed by atoms with E-state index >= 15 is 0 Å². The number of carbonyl (C=O) groups excluding carboxylic acids is 2. The Bertz CT molecular complexity index is 847. The summed E-state index contributed by atoms with van der Waals surface area (Å²) in [5, 5.41) is 6.02. The SMILES string of the molecule is COc1ccc(Cl)cc1NC(=O)C(C)(C)C(=O)Nc1cccc(C)c1C. The van der Waals surface area contributed by atoms with Crippen molar-refractivity contribution in [1.29, 1.82) is 0 Å². The minimum absolute atomic E-state index is 0.398. The van der Waals surface area contributed by atoms with Crippen molar-refractivity contribution in [2.24, 2.45) is 5.41 Å². The summed E-state index contributed by atoms with van der Waals surface area (Å²) in [6.07, 6.45) is 0. The fourth-order valence-corrected chi connectivity index (χ4v) is 2.50. The van der Waals surface area contributed by atoms with Gasteiger partial charge in [-0.2, -0.15) is 0 Å². The van der Waals surface area contributed by atoms with Crippen molar-refractivity contribution in [3.05, 3.63) is 52.5 Å². The number of halogens is 1. The van der Waals surface area contributed by atoms with Gasteiger partial charge in [-0.15, -0.1) is 0 Å². The first-order valence-corrected chi connectivity index (χ1v) is 8.57. The maximum atomic E-state index is 12.7. The fourth-order valence-electron chi connectivity index (χ4n) is 2.32. The molecule has 0 unspecified atom stereocenters. The number of amides is 2. The zero-order chi connectivity index (χ0) is 19.5. The van der Waals surface area contributed by atoms with Gasteiger partial charge >= 0.3 is 0 Å². The van der Waals surface area contributed by atoms with Gasteiger partial charge in [0.1, 0.15) is 11.2 Å². The Balaban J connectivity index is 2.20. The highest BCUT2D eigenvalue weighted by atomic mass is 35.5. The van der Waals surface area contributed by atoms with E-state index in [0.29, 0.717) is 22.1 Å². The Kier molecular flexibility index (Phi) is 5.93. The third kappa shape index (κ3) is 4.17. The van der Waals surface area contributed by atoms with Crippen LogP contribution >= 0.6 is 11.6 Å². The topological polar surface area (TPSA) is 67.4 Å². The van der Waals surface area contributed by atoms with Crippen LogP contribution in [0.5, 0.6) is 5.75 Å². The van der Waals surface area contributed by atoms with Crippen molar-refractivity contribution in [3.8, 4) is 5.75 Å². The van der Waals surface area contributed by atoms with Crippen molar-refractivity contribution in [2.75, 3.05) is 17.7 Å². The number of methoxy groups -OCH3 is 1. The monoisotopic (exact) mass is 374 g/mol. The van der Waals surface area contributed by atoms with E-state index in [2.05, 4.69) is 10.6 Å². The van der Waals surface area contributed by atoms with Gasteiger partial charge in [0.15, 0.2) is 0 Å². The molecule has 2 amide bonds. The lowest BCUT2D eigenvalue weighted by Crippen LogP contribution is -2.41. The molecular formula is C20H23ClN2O3. The predicted octanol–water partition coefficient (Wildman–Crippen LogP) is 4.57. The number of hydrogen-bond acceptors (Lipinski definition) is 3. The molecule has 6 heteroatoms. The van der Waals surface area contributed by atoms with Crippen LogP contribution < -0.4 is 15.4 Å². The molecule has 2 N–H and O–H groups in total. The summed E-state index contributed by atoms with van der Waals surface area (Å²) in [4.78, 5) is 25.4. The molecule has 5 nitrogen and oxygen atoms in total. The number of benzene rings is 2. The number of carbonyl (C=O) groups is 2. The van der Waals surface area contributed by atoms with Gasteiger partial charge in [0.05, 0.1) is 12.8 Å². The van der Waals surface area contributed by atoms with E-state index in [-0.39, 0.29) is 0 Å². The first-order chi connectivity index (χ1) is 12.2. The van der Waals surface area contributed by atoms with Crippen LogP contribution in [0.3, 0.4) is 0 Å². The standard InChI is InChI=1S/C20H23ClN2O3/c1-12-7-6-8-15(13(12)2)22-18(24)20(3,4)19(25)23-16-11-14(21)9-10-17(16)26-5/h6-11H,1-5H3,(H,22,24)(H,23,25). The summed E-state index contributed by atoms with van der Waals surface area (Å²) in [6, 6.07) is 10.5. The number of anilines is 2. The second-order valence-corrected chi connectivity index (χ2v) is 7.06. The summed E-state index contributed by atoms with van der Waals surface area (Å²) < 4.78 is 5.22. The third-order valence-electron chi connectivity index (χ3n) is 4.40. The first-order valence-electron chi connectivity index (χ1n) is 8.19. The van der Waals surface area contributed by atoms with E-state index < -0.39 is 17.2 Å². The highest BCUT2D eigenvalue weighted by Crippen LogP contribution is 2.30. The molecule has 0 aromatic heterocycles. The number of rotatable bonds is 5. The van der Waals surface area contributed by atoms with E-state index in [9.17, 15) is 9.59 Å². The zero-order valence-electron chi connectivity index (χ0n) is 15.6. The second kappa shape index (κ2) is 7.79. The molecule has 2 aromatic rings. The molecule has 2 aromatic carbocycles. The molecule has 0 atom stereocenters. The molecule has 0 radical (unpaired) electrons. The molecule has 0 aliphatic heterocycles. The third-order valence-corrected chi connectivity index (χ3v) is 4.63. The molecule has 0 bridgehead atoms. The zero-order valence-corrected chi connectivity index (χ0v) is 16.3. The van der Waals surface area contributed by atoms with Gasteiger partial charge in [-0.3, -0.25) is 9.59 Å². The summed E-state index contributed by atoms with van der Waals surface area (Å²) >= 11 is 5.99. The maximum Gasteiger partial charge on any atom is 0.239 e. The number of hydrogen-bond donors (Lipinski definition) is 2. The molecule has 2 rings (SSSR count). The van der Waals surface area contributed by atoms with Gasteiger partial charge < -0.3 is 15.4 Å². The van der Waals surface area contributed by atoms with Gasteiger partial charge in [0.2, 0.25) is 11.8 Å². The number of nitrogens with one attached hydrogen (secondary N) is 2. The average molecular weight is 375 g/mol. The lowest BCUT2D eigenvalue weighted by atomic mass is 9.90. The van der Waals surface area contributed by atoms with Gasteiger partial charge in [-0.05, 0) is 63.1 Å². The van der Waals surface area contributed by atoms with Gasteiger partial charge in [0.25, 0.3) is 0 Å². The van der Waals surface area contributed by atoms with Gasteiger partial charge in [-0.1, -0.05) is 23.7 Å². The van der Waals surface area contributed by atoms with Crippen LogP contribution in [0.15, 0.2) is 36.4 Å². The molecule has 0 heterocycles. The first kappa shape index (κ1) is 19.8. The Labute approximate surface area is 158 Å². The average Bonchev–Trinajstić information content (AvgIpc) is 2.59. The predicted molar refractivity (Wildman–Crippen MR) is 105 cm³/mol. The fraction of sp³-hybridized carbons (Fsp3) is 0.300. The van der Waals surface area contributed by atoms with Crippen molar-refractivity contribution in [3.63, 3.8) is 0 Å². The summed E-state index contributed by atoms with van der Waals surface area (Å²) in [5.41, 5.74) is 1.83. The molecule has 0 aliphatic rings. The van der Waals surface area contributed by atoms with Crippen molar-refractivity contribution in [1.82, 2.24) is 0 Å². The smallest absolute Gasteiger partial charge is 0.239 e. The highest BCUT2D eigenvalue weighted by Gasteiger charge is 2.36. The molecule has 0 fully saturated rings. The van der Waals surface area contributed by atoms with E-state index in [4.69, 9.17) is 16.3 Å². The van der Waals surface area contributed by atoms with E-state index in [1.807, 2.05) is 32.0 Å². The lowest BCUT2D eigenvalue weighted by Gasteiger charge is -2.24. The van der Waals surface area contributed by atoms with E-state index in [1.165, 1.54) is 7.11 Å². The van der Waals surface area contributed by atoms with Crippen LogP contribution in [0.4, 0.5) is 11.4 Å². The molecule has 0 saturated heterocycles. The largest absolute Gasteiger partial charge is 0.495 e. The second-order valence-electron chi connectivity index (χ2n) is 6.63. The van der Waals surface area contributed by atoms with Crippen LogP contribution in [0.1, 0.15) is 25.0 Å². The van der Waals surface area contributed by atoms with Crippen LogP contribution in [0, 0.1) is 19.3 Å². The van der Waals surface area contributed by atoms with E-state index in [0.717, 1.165) is 11.1 Å². The lowest BCUT2D eigenvalue weighted by molar-refractivity contribution is -0.135. The minimum Gasteiger partial charge on any atom is -0.495 e. The summed E-state index contributed by atoms with van der Waals surface area (Å²) in [6.45, 7) is 7.03.